The standard InChI is InChI=1S/C42H43N9O2S2/c1-8-27-18-30(23(4)16-36(27)52)39-44-45-41(54)50(39)29-14-15-33-32(20-29)25(6)26(7)48(33)22-49-40(31-19-28(9-2)37(53)17-24(31)5)51(42(55)46-49)35-13-11-12-34-38(35)43-21-47(34)10-3/h11-21H,8-10,22H2,1-7H3,(H3,44,45,46,52,54,55)/p+1. The highest BCUT2D eigenvalue weighted by atomic mass is 32.1. The Balaban J connectivity index is 1.30. The summed E-state index contributed by atoms with van der Waals surface area (Å²) in [5.74, 6) is 2.11. The van der Waals surface area contributed by atoms with Gasteiger partial charge in [0.25, 0.3) is 5.82 Å². The van der Waals surface area contributed by atoms with Gasteiger partial charge in [0, 0.05) is 23.2 Å². The van der Waals surface area contributed by atoms with Gasteiger partial charge in [0.2, 0.25) is 0 Å². The Bertz CT molecular complexity index is 2940. The Morgan fingerprint density at radius 1 is 0.818 bits per heavy atom. The molecule has 0 atom stereocenters. The summed E-state index contributed by atoms with van der Waals surface area (Å²) in [6.45, 7) is 15.7. The maximum Gasteiger partial charge on any atom is 0.328 e. The quantitative estimate of drug-likeness (QED) is 0.0859. The molecule has 55 heavy (non-hydrogen) atoms. The summed E-state index contributed by atoms with van der Waals surface area (Å²) >= 11 is 11.9. The smallest absolute Gasteiger partial charge is 0.328 e. The third-order valence-electron chi connectivity index (χ3n) is 11.0. The van der Waals surface area contributed by atoms with Gasteiger partial charge in [-0.25, -0.2) is 4.98 Å². The number of aromatic nitrogens is 9. The van der Waals surface area contributed by atoms with E-state index in [4.69, 9.17) is 29.4 Å². The molecule has 0 aliphatic carbocycles. The minimum absolute atomic E-state index is 0.283. The van der Waals surface area contributed by atoms with Crippen LogP contribution in [0.2, 0.25) is 0 Å². The lowest BCUT2D eigenvalue weighted by molar-refractivity contribution is -0.590. The average Bonchev–Trinajstić information content (AvgIpc) is 3.91. The van der Waals surface area contributed by atoms with Crippen LogP contribution < -0.4 is 4.57 Å². The molecule has 0 saturated heterocycles. The van der Waals surface area contributed by atoms with Gasteiger partial charge in [-0.15, -0.1) is 9.78 Å². The molecule has 0 aliphatic heterocycles. The number of benzene rings is 4. The van der Waals surface area contributed by atoms with Gasteiger partial charge in [-0.2, -0.15) is 9.67 Å². The molecule has 0 spiro atoms. The first-order valence-corrected chi connectivity index (χ1v) is 19.4. The third kappa shape index (κ3) is 5.80. The minimum Gasteiger partial charge on any atom is -0.508 e. The molecule has 0 radical (unpaired) electrons. The molecule has 0 amide bonds. The van der Waals surface area contributed by atoms with E-state index in [1.165, 1.54) is 0 Å². The van der Waals surface area contributed by atoms with Crippen molar-refractivity contribution in [1.82, 2.24) is 38.7 Å². The van der Waals surface area contributed by atoms with E-state index in [0.717, 1.165) is 90.3 Å². The highest BCUT2D eigenvalue weighted by molar-refractivity contribution is 7.71. The van der Waals surface area contributed by atoms with Crippen LogP contribution in [-0.2, 0) is 26.1 Å². The lowest BCUT2D eigenvalue weighted by atomic mass is 10.0. The molecular weight excluding hydrogens is 727 g/mol. The predicted octanol–water partition coefficient (Wildman–Crippen LogP) is 9.00. The van der Waals surface area contributed by atoms with Gasteiger partial charge in [-0.1, -0.05) is 19.9 Å². The molecule has 13 heteroatoms. The van der Waals surface area contributed by atoms with Crippen molar-refractivity contribution in [3.63, 3.8) is 0 Å². The Morgan fingerprint density at radius 2 is 1.51 bits per heavy atom. The molecule has 0 unspecified atom stereocenters. The highest BCUT2D eigenvalue weighted by Crippen LogP contribution is 2.35. The van der Waals surface area contributed by atoms with E-state index in [9.17, 15) is 10.2 Å². The molecule has 0 aliphatic rings. The monoisotopic (exact) mass is 770 g/mol. The highest BCUT2D eigenvalue weighted by Gasteiger charge is 2.29. The first-order chi connectivity index (χ1) is 26.4. The number of nitrogens with one attached hydrogen (secondary N) is 2. The van der Waals surface area contributed by atoms with Gasteiger partial charge in [-0.3, -0.25) is 9.67 Å². The van der Waals surface area contributed by atoms with Crippen LogP contribution in [0.15, 0.2) is 67.0 Å². The van der Waals surface area contributed by atoms with Crippen LogP contribution in [0.4, 0.5) is 0 Å². The number of aromatic hydroxyl groups is 2. The summed E-state index contributed by atoms with van der Waals surface area (Å²) in [6.07, 6.45) is 3.25. The first-order valence-electron chi connectivity index (χ1n) is 18.6. The van der Waals surface area contributed by atoms with Crippen molar-refractivity contribution in [2.45, 2.75) is 74.5 Å². The normalized spacial score (nSPS) is 11.8. The van der Waals surface area contributed by atoms with Gasteiger partial charge >= 0.3 is 4.77 Å². The summed E-state index contributed by atoms with van der Waals surface area (Å²) in [5.41, 5.74) is 12.4. The molecular formula is C42H44N9O2S2+. The molecule has 4 heterocycles. The van der Waals surface area contributed by atoms with Gasteiger partial charge in [-0.05, 0) is 154 Å². The number of rotatable bonds is 9. The van der Waals surface area contributed by atoms with Crippen molar-refractivity contribution in [3.8, 4) is 45.6 Å². The van der Waals surface area contributed by atoms with Crippen LogP contribution >= 0.6 is 24.4 Å². The fourth-order valence-electron chi connectivity index (χ4n) is 7.87. The van der Waals surface area contributed by atoms with E-state index in [-0.39, 0.29) is 11.5 Å². The molecule has 4 N–H and O–H groups in total. The molecule has 8 rings (SSSR count). The number of fused-ring (bicyclic) bond motifs is 2. The van der Waals surface area contributed by atoms with E-state index in [0.29, 0.717) is 34.9 Å². The van der Waals surface area contributed by atoms with Gasteiger partial charge < -0.3 is 19.3 Å². The SMILES string of the molecule is CCc1cc(-c2n[nH]c(=S)n2-c2ccc3c(c2)c(C)c(C)n3Cn2[nH]c(=S)[n+](-c3cccc4c3ncn4CC)c2-c2cc(CC)c(O)cc2C)c(C)cc1O. The van der Waals surface area contributed by atoms with E-state index in [1.807, 2.05) is 56.8 Å². The van der Waals surface area contributed by atoms with Crippen molar-refractivity contribution < 1.29 is 14.8 Å². The Hall–Kier alpha value is -5.79. The molecule has 0 bridgehead atoms. The van der Waals surface area contributed by atoms with Gasteiger partial charge in [0.05, 0.1) is 28.6 Å². The number of aromatic amines is 2. The van der Waals surface area contributed by atoms with Gasteiger partial charge in [0.15, 0.2) is 17.3 Å². The summed E-state index contributed by atoms with van der Waals surface area (Å²) < 4.78 is 11.6. The molecule has 11 nitrogen and oxygen atoms in total. The number of hydrogen-bond donors (Lipinski definition) is 4. The van der Waals surface area contributed by atoms with Crippen molar-refractivity contribution in [3.05, 3.63) is 110 Å². The van der Waals surface area contributed by atoms with Crippen LogP contribution in [0.3, 0.4) is 0 Å². The molecule has 280 valence electrons. The second-order valence-corrected chi connectivity index (χ2v) is 14.9. The van der Waals surface area contributed by atoms with Crippen LogP contribution in [0.5, 0.6) is 11.5 Å². The zero-order valence-electron chi connectivity index (χ0n) is 32.0. The predicted molar refractivity (Wildman–Crippen MR) is 222 cm³/mol. The number of phenolic OH excluding ortho intramolecular Hbond substituents is 2. The molecule has 0 saturated carbocycles. The number of H-pyrrole nitrogens is 2. The number of phenols is 2. The Kier molecular flexibility index (Phi) is 9.09. The third-order valence-corrected chi connectivity index (χ3v) is 11.6. The van der Waals surface area contributed by atoms with Crippen LogP contribution in [0.1, 0.15) is 54.3 Å². The lowest BCUT2D eigenvalue weighted by Crippen LogP contribution is -2.34. The van der Waals surface area contributed by atoms with Crippen molar-refractivity contribution >= 4 is 46.4 Å². The van der Waals surface area contributed by atoms with Gasteiger partial charge in [0.1, 0.15) is 22.7 Å². The maximum absolute atomic E-state index is 10.8. The summed E-state index contributed by atoms with van der Waals surface area (Å²) in [7, 11) is 0. The number of para-hydroxylation sites is 1. The second kappa shape index (κ2) is 13.8. The number of imidazole rings is 1. The molecule has 0 fully saturated rings. The van der Waals surface area contributed by atoms with Crippen LogP contribution in [0.25, 0.3) is 56.1 Å². The number of hydrogen-bond acceptors (Lipinski definition) is 6. The molecule has 4 aromatic carbocycles. The van der Waals surface area contributed by atoms with Crippen LogP contribution in [0, 0.1) is 37.2 Å². The van der Waals surface area contributed by atoms with Crippen LogP contribution in [-0.4, -0.2) is 48.9 Å². The lowest BCUT2D eigenvalue weighted by Gasteiger charge is -2.13. The summed E-state index contributed by atoms with van der Waals surface area (Å²) in [4.78, 5) is 4.84. The maximum atomic E-state index is 10.8. The topological polar surface area (TPSA) is 121 Å². The fraction of sp³-hybridized carbons (Fsp3) is 0.262. The number of aryl methyl sites for hydroxylation is 6. The largest absolute Gasteiger partial charge is 0.508 e. The first kappa shape index (κ1) is 36.2. The van der Waals surface area contributed by atoms with Crippen molar-refractivity contribution in [2.24, 2.45) is 0 Å². The van der Waals surface area contributed by atoms with E-state index < -0.39 is 0 Å². The molecule has 8 aromatic rings. The average molecular weight is 771 g/mol. The molecule has 4 aromatic heterocycles. The summed E-state index contributed by atoms with van der Waals surface area (Å²) in [6, 6.07) is 20.3. The minimum atomic E-state index is 0.283. The zero-order chi connectivity index (χ0) is 38.9. The second-order valence-electron chi connectivity index (χ2n) is 14.1. The Morgan fingerprint density at radius 3 is 2.20 bits per heavy atom. The fourth-order valence-corrected chi connectivity index (χ4v) is 8.41. The van der Waals surface area contributed by atoms with Crippen molar-refractivity contribution in [1.29, 1.82) is 0 Å². The Labute approximate surface area is 328 Å². The zero-order valence-corrected chi connectivity index (χ0v) is 33.7. The summed E-state index contributed by atoms with van der Waals surface area (Å²) in [5, 5.41) is 33.6. The van der Waals surface area contributed by atoms with E-state index in [1.54, 1.807) is 6.07 Å². The van der Waals surface area contributed by atoms with Crippen molar-refractivity contribution in [2.75, 3.05) is 0 Å². The number of nitrogens with zero attached hydrogens (tertiary/aromatic N) is 7. The van der Waals surface area contributed by atoms with E-state index in [2.05, 4.69) is 90.8 Å². The van der Waals surface area contributed by atoms with E-state index >= 15 is 0 Å².